The van der Waals surface area contributed by atoms with Crippen LogP contribution < -0.4 is 0 Å². The van der Waals surface area contributed by atoms with Crippen LogP contribution in [0.15, 0.2) is 18.3 Å². The molecule has 12 heavy (non-hydrogen) atoms. The zero-order chi connectivity index (χ0) is 8.55. The van der Waals surface area contributed by atoms with E-state index in [1.807, 2.05) is 12.1 Å². The van der Waals surface area contributed by atoms with E-state index in [2.05, 4.69) is 11.9 Å². The standard InChI is InChI=1S/C10H11NO/c1-7-4-5-9(12)8-3-2-6-11-10(7)8/h2-3,6-7H,4-5H2,1H3. The number of nitrogens with zero attached hydrogens (tertiary/aromatic N) is 1. The molecule has 0 aromatic carbocycles. The fourth-order valence-corrected chi connectivity index (χ4v) is 1.66. The molecule has 0 bridgehead atoms. The van der Waals surface area contributed by atoms with Gasteiger partial charge in [0, 0.05) is 18.2 Å². The van der Waals surface area contributed by atoms with Gasteiger partial charge in [-0.25, -0.2) is 0 Å². The molecule has 0 aliphatic heterocycles. The molecule has 0 saturated heterocycles. The quantitative estimate of drug-likeness (QED) is 0.583. The average molecular weight is 161 g/mol. The third-order valence-corrected chi connectivity index (χ3v) is 2.41. The Balaban J connectivity index is 2.55. The van der Waals surface area contributed by atoms with Gasteiger partial charge in [0.15, 0.2) is 5.78 Å². The van der Waals surface area contributed by atoms with Gasteiger partial charge in [-0.15, -0.1) is 0 Å². The summed E-state index contributed by atoms with van der Waals surface area (Å²) in [6, 6.07) is 3.70. The molecule has 1 aromatic heterocycles. The third-order valence-electron chi connectivity index (χ3n) is 2.41. The van der Waals surface area contributed by atoms with Crippen LogP contribution in [0.3, 0.4) is 0 Å². The highest BCUT2D eigenvalue weighted by molar-refractivity contribution is 5.98. The maximum atomic E-state index is 11.4. The molecule has 2 nitrogen and oxygen atoms in total. The van der Waals surface area contributed by atoms with Gasteiger partial charge >= 0.3 is 0 Å². The lowest BCUT2D eigenvalue weighted by Gasteiger charge is -2.19. The predicted octanol–water partition coefficient (Wildman–Crippen LogP) is 2.16. The minimum absolute atomic E-state index is 0.246. The van der Waals surface area contributed by atoms with Crippen LogP contribution in [0.25, 0.3) is 0 Å². The molecule has 1 aliphatic rings. The highest BCUT2D eigenvalue weighted by atomic mass is 16.1. The van der Waals surface area contributed by atoms with Gasteiger partial charge in [0.1, 0.15) is 0 Å². The number of pyridine rings is 1. The second-order valence-electron chi connectivity index (χ2n) is 3.30. The first-order valence-corrected chi connectivity index (χ1v) is 4.27. The zero-order valence-electron chi connectivity index (χ0n) is 7.08. The van der Waals surface area contributed by atoms with Crippen LogP contribution in [0.4, 0.5) is 0 Å². The van der Waals surface area contributed by atoms with E-state index >= 15 is 0 Å². The number of hydrogen-bond acceptors (Lipinski definition) is 2. The fourth-order valence-electron chi connectivity index (χ4n) is 1.66. The molecule has 0 saturated carbocycles. The number of carbonyl (C=O) groups excluding carboxylic acids is 1. The SMILES string of the molecule is CC1CCC(=O)c2cccnc21. The zero-order valence-corrected chi connectivity index (χ0v) is 7.08. The van der Waals surface area contributed by atoms with Gasteiger partial charge in [-0.3, -0.25) is 9.78 Å². The summed E-state index contributed by atoms with van der Waals surface area (Å²) in [7, 11) is 0. The summed E-state index contributed by atoms with van der Waals surface area (Å²) in [5.41, 5.74) is 1.81. The molecular weight excluding hydrogens is 150 g/mol. The summed E-state index contributed by atoms with van der Waals surface area (Å²) in [5.74, 6) is 0.690. The van der Waals surface area contributed by atoms with Crippen molar-refractivity contribution in [3.63, 3.8) is 0 Å². The Morgan fingerprint density at radius 1 is 1.58 bits per heavy atom. The van der Waals surface area contributed by atoms with E-state index in [-0.39, 0.29) is 5.78 Å². The van der Waals surface area contributed by atoms with Crippen molar-refractivity contribution >= 4 is 5.78 Å². The Labute approximate surface area is 71.6 Å². The monoisotopic (exact) mass is 161 g/mol. The third kappa shape index (κ3) is 1.04. The first kappa shape index (κ1) is 7.47. The second kappa shape index (κ2) is 2.70. The smallest absolute Gasteiger partial charge is 0.164 e. The van der Waals surface area contributed by atoms with Gasteiger partial charge < -0.3 is 0 Å². The summed E-state index contributed by atoms with van der Waals surface area (Å²) in [6.45, 7) is 2.12. The Kier molecular flexibility index (Phi) is 1.68. The Hall–Kier alpha value is -1.18. The summed E-state index contributed by atoms with van der Waals surface area (Å²) in [6.07, 6.45) is 3.39. The largest absolute Gasteiger partial charge is 0.294 e. The van der Waals surface area contributed by atoms with Crippen molar-refractivity contribution in [2.24, 2.45) is 0 Å². The summed E-state index contributed by atoms with van der Waals surface area (Å²) in [5, 5.41) is 0. The van der Waals surface area contributed by atoms with Crippen LogP contribution in [0.1, 0.15) is 41.7 Å². The van der Waals surface area contributed by atoms with E-state index in [4.69, 9.17) is 0 Å². The normalized spacial score (nSPS) is 22.1. The molecule has 0 fully saturated rings. The van der Waals surface area contributed by atoms with Gasteiger partial charge in [0.05, 0.1) is 5.69 Å². The molecule has 0 amide bonds. The first-order chi connectivity index (χ1) is 5.79. The van der Waals surface area contributed by atoms with E-state index in [0.29, 0.717) is 12.3 Å². The van der Waals surface area contributed by atoms with Crippen LogP contribution in [0.5, 0.6) is 0 Å². The van der Waals surface area contributed by atoms with Crippen molar-refractivity contribution in [2.75, 3.05) is 0 Å². The number of Topliss-reactive ketones (excluding diaryl/α,β-unsaturated/α-hetero) is 1. The van der Waals surface area contributed by atoms with Crippen LogP contribution in [0, 0.1) is 0 Å². The van der Waals surface area contributed by atoms with Crippen LogP contribution in [-0.4, -0.2) is 10.8 Å². The highest BCUT2D eigenvalue weighted by Gasteiger charge is 2.22. The van der Waals surface area contributed by atoms with Crippen molar-refractivity contribution in [1.82, 2.24) is 4.98 Å². The van der Waals surface area contributed by atoms with Gasteiger partial charge in [0.25, 0.3) is 0 Å². The molecule has 0 N–H and O–H groups in total. The Morgan fingerprint density at radius 2 is 2.42 bits per heavy atom. The molecule has 0 radical (unpaired) electrons. The first-order valence-electron chi connectivity index (χ1n) is 4.27. The minimum atomic E-state index is 0.246. The number of aromatic nitrogens is 1. The Bertz CT molecular complexity index is 319. The lowest BCUT2D eigenvalue weighted by Crippen LogP contribution is -2.14. The number of carbonyl (C=O) groups is 1. The fraction of sp³-hybridized carbons (Fsp3) is 0.400. The van der Waals surface area contributed by atoms with Crippen molar-refractivity contribution in [3.05, 3.63) is 29.6 Å². The van der Waals surface area contributed by atoms with Crippen LogP contribution in [0.2, 0.25) is 0 Å². The lowest BCUT2D eigenvalue weighted by atomic mass is 9.87. The highest BCUT2D eigenvalue weighted by Crippen LogP contribution is 2.28. The second-order valence-corrected chi connectivity index (χ2v) is 3.30. The maximum absolute atomic E-state index is 11.4. The molecule has 62 valence electrons. The average Bonchev–Trinajstić information content (AvgIpc) is 2.12. The van der Waals surface area contributed by atoms with E-state index in [1.165, 1.54) is 0 Å². The van der Waals surface area contributed by atoms with Gasteiger partial charge in [-0.05, 0) is 24.5 Å². The molecule has 0 spiro atoms. The van der Waals surface area contributed by atoms with E-state index in [0.717, 1.165) is 17.7 Å². The molecular formula is C10H11NO. The number of hydrogen-bond donors (Lipinski definition) is 0. The van der Waals surface area contributed by atoms with Gasteiger partial charge in [-0.2, -0.15) is 0 Å². The van der Waals surface area contributed by atoms with Crippen LogP contribution >= 0.6 is 0 Å². The summed E-state index contributed by atoms with van der Waals surface area (Å²) >= 11 is 0. The molecule has 1 aliphatic carbocycles. The van der Waals surface area contributed by atoms with Gasteiger partial charge in [-0.1, -0.05) is 6.92 Å². The van der Waals surface area contributed by atoms with E-state index in [9.17, 15) is 4.79 Å². The van der Waals surface area contributed by atoms with Gasteiger partial charge in [0.2, 0.25) is 0 Å². The number of ketones is 1. The van der Waals surface area contributed by atoms with Crippen molar-refractivity contribution in [3.8, 4) is 0 Å². The molecule has 2 heteroatoms. The minimum Gasteiger partial charge on any atom is -0.294 e. The molecule has 1 unspecified atom stereocenters. The lowest BCUT2D eigenvalue weighted by molar-refractivity contribution is 0.0967. The maximum Gasteiger partial charge on any atom is 0.164 e. The molecule has 1 aromatic rings. The number of rotatable bonds is 0. The van der Waals surface area contributed by atoms with E-state index < -0.39 is 0 Å². The topological polar surface area (TPSA) is 30.0 Å². The number of fused-ring (bicyclic) bond motifs is 1. The predicted molar refractivity (Wildman–Crippen MR) is 46.2 cm³/mol. The van der Waals surface area contributed by atoms with Crippen molar-refractivity contribution in [2.45, 2.75) is 25.7 Å². The molecule has 1 heterocycles. The Morgan fingerprint density at radius 3 is 3.17 bits per heavy atom. The van der Waals surface area contributed by atoms with Crippen molar-refractivity contribution < 1.29 is 4.79 Å². The van der Waals surface area contributed by atoms with E-state index in [1.54, 1.807) is 6.20 Å². The van der Waals surface area contributed by atoms with Crippen molar-refractivity contribution in [1.29, 1.82) is 0 Å². The molecule has 2 rings (SSSR count). The molecule has 1 atom stereocenters. The summed E-state index contributed by atoms with van der Waals surface area (Å²) in [4.78, 5) is 15.6. The van der Waals surface area contributed by atoms with Crippen LogP contribution in [-0.2, 0) is 0 Å². The summed E-state index contributed by atoms with van der Waals surface area (Å²) < 4.78 is 0.